The third-order valence-electron chi connectivity index (χ3n) is 3.60. The Balaban J connectivity index is 2.07. The van der Waals surface area contributed by atoms with Crippen LogP contribution in [0.25, 0.3) is 0 Å². The van der Waals surface area contributed by atoms with Crippen LogP contribution >= 0.6 is 11.8 Å². The van der Waals surface area contributed by atoms with Crippen LogP contribution in [0.5, 0.6) is 0 Å². The Hall–Kier alpha value is -0.480. The maximum absolute atomic E-state index is 4.48. The first-order chi connectivity index (χ1) is 7.59. The van der Waals surface area contributed by atoms with Gasteiger partial charge >= 0.3 is 0 Å². The minimum atomic E-state index is 0.754. The molecule has 0 amide bonds. The summed E-state index contributed by atoms with van der Waals surface area (Å²) in [6.45, 7) is 5.31. The minimum absolute atomic E-state index is 0.754. The van der Waals surface area contributed by atoms with Gasteiger partial charge in [0.1, 0.15) is 0 Å². The van der Waals surface area contributed by atoms with Crippen LogP contribution < -0.4 is 0 Å². The van der Waals surface area contributed by atoms with Gasteiger partial charge in [-0.2, -0.15) is 16.9 Å². The number of aromatic nitrogens is 2. The van der Waals surface area contributed by atoms with E-state index in [2.05, 4.69) is 42.7 Å². The zero-order valence-electron chi connectivity index (χ0n) is 10.7. The normalized spacial score (nSPS) is 20.9. The Bertz CT molecular complexity index is 367. The Morgan fingerprint density at radius 2 is 2.25 bits per heavy atom. The highest BCUT2D eigenvalue weighted by Crippen LogP contribution is 2.23. The van der Waals surface area contributed by atoms with E-state index in [1.165, 1.54) is 34.9 Å². The summed E-state index contributed by atoms with van der Waals surface area (Å²) in [6, 6.07) is 0.754. The van der Waals surface area contributed by atoms with E-state index in [0.29, 0.717) is 0 Å². The van der Waals surface area contributed by atoms with Crippen molar-refractivity contribution in [1.82, 2.24) is 14.7 Å². The number of thioether (sulfide) groups is 1. The van der Waals surface area contributed by atoms with Crippen LogP contribution in [0.2, 0.25) is 0 Å². The molecule has 0 spiro atoms. The van der Waals surface area contributed by atoms with Gasteiger partial charge in [-0.1, -0.05) is 0 Å². The number of rotatable bonds is 3. The average molecular weight is 239 g/mol. The van der Waals surface area contributed by atoms with E-state index in [-0.39, 0.29) is 0 Å². The van der Waals surface area contributed by atoms with Crippen molar-refractivity contribution < 1.29 is 0 Å². The zero-order chi connectivity index (χ0) is 11.7. The fourth-order valence-electron chi connectivity index (χ4n) is 2.29. The van der Waals surface area contributed by atoms with Gasteiger partial charge in [-0.3, -0.25) is 9.58 Å². The summed E-state index contributed by atoms with van der Waals surface area (Å²) in [4.78, 5) is 2.48. The lowest BCUT2D eigenvalue weighted by Gasteiger charge is -2.23. The minimum Gasteiger partial charge on any atom is -0.298 e. The molecule has 1 aromatic heterocycles. The topological polar surface area (TPSA) is 21.1 Å². The molecule has 0 radical (unpaired) electrons. The first-order valence-electron chi connectivity index (χ1n) is 5.86. The first-order valence-corrected chi connectivity index (χ1v) is 7.02. The zero-order valence-corrected chi connectivity index (χ0v) is 11.5. The summed E-state index contributed by atoms with van der Waals surface area (Å²) in [5.41, 5.74) is 3.88. The molecule has 3 nitrogen and oxygen atoms in total. The smallest absolute Gasteiger partial charge is 0.0641 e. The summed E-state index contributed by atoms with van der Waals surface area (Å²) >= 11 is 2.07. The molecular weight excluding hydrogens is 218 g/mol. The van der Waals surface area contributed by atoms with Crippen LogP contribution in [0, 0.1) is 13.8 Å². The number of hydrogen-bond acceptors (Lipinski definition) is 3. The molecule has 1 fully saturated rings. The van der Waals surface area contributed by atoms with Crippen LogP contribution in [0.1, 0.15) is 23.4 Å². The van der Waals surface area contributed by atoms with E-state index >= 15 is 0 Å². The van der Waals surface area contributed by atoms with E-state index in [9.17, 15) is 0 Å². The van der Waals surface area contributed by atoms with Gasteiger partial charge in [-0.05, 0) is 33.1 Å². The van der Waals surface area contributed by atoms with Crippen LogP contribution in [0.3, 0.4) is 0 Å². The third-order valence-corrected chi connectivity index (χ3v) is 4.74. The summed E-state index contributed by atoms with van der Waals surface area (Å²) in [5, 5.41) is 4.48. The van der Waals surface area contributed by atoms with Gasteiger partial charge in [0.2, 0.25) is 0 Å². The Morgan fingerprint density at radius 1 is 1.50 bits per heavy atom. The molecule has 0 bridgehead atoms. The molecule has 16 heavy (non-hydrogen) atoms. The van der Waals surface area contributed by atoms with Crippen molar-refractivity contribution in [2.45, 2.75) is 32.9 Å². The molecule has 1 aliphatic heterocycles. The highest BCUT2D eigenvalue weighted by atomic mass is 32.2. The maximum Gasteiger partial charge on any atom is 0.0641 e. The van der Waals surface area contributed by atoms with Crippen molar-refractivity contribution >= 4 is 11.8 Å². The van der Waals surface area contributed by atoms with Gasteiger partial charge in [0.15, 0.2) is 0 Å². The van der Waals surface area contributed by atoms with E-state index in [0.717, 1.165) is 12.6 Å². The Morgan fingerprint density at radius 3 is 2.75 bits per heavy atom. The Kier molecular flexibility index (Phi) is 3.60. The van der Waals surface area contributed by atoms with Gasteiger partial charge in [-0.25, -0.2) is 0 Å². The second kappa shape index (κ2) is 4.80. The van der Waals surface area contributed by atoms with Gasteiger partial charge < -0.3 is 0 Å². The molecule has 1 aliphatic rings. The standard InChI is InChI=1S/C12H21N3S/c1-9-12(10(2)15(4)13-9)7-14(3)11-5-6-16-8-11/h11H,5-8H2,1-4H3. The number of nitrogens with zero attached hydrogens (tertiary/aromatic N) is 3. The predicted molar refractivity (Wildman–Crippen MR) is 69.9 cm³/mol. The van der Waals surface area contributed by atoms with Crippen molar-refractivity contribution in [3.63, 3.8) is 0 Å². The summed E-state index contributed by atoms with van der Waals surface area (Å²) in [6.07, 6.45) is 1.33. The molecule has 1 saturated heterocycles. The van der Waals surface area contributed by atoms with Crippen molar-refractivity contribution in [3.05, 3.63) is 17.0 Å². The summed E-state index contributed by atoms with van der Waals surface area (Å²) < 4.78 is 1.99. The molecule has 90 valence electrons. The van der Waals surface area contributed by atoms with E-state index < -0.39 is 0 Å². The summed E-state index contributed by atoms with van der Waals surface area (Å²) in [5.74, 6) is 2.61. The quantitative estimate of drug-likeness (QED) is 0.805. The highest BCUT2D eigenvalue weighted by Gasteiger charge is 2.21. The fourth-order valence-corrected chi connectivity index (χ4v) is 3.59. The van der Waals surface area contributed by atoms with Crippen molar-refractivity contribution in [2.24, 2.45) is 7.05 Å². The molecule has 1 unspecified atom stereocenters. The number of aryl methyl sites for hydroxylation is 2. The van der Waals surface area contributed by atoms with Gasteiger partial charge in [-0.15, -0.1) is 0 Å². The van der Waals surface area contributed by atoms with Crippen molar-refractivity contribution in [1.29, 1.82) is 0 Å². The lowest BCUT2D eigenvalue weighted by molar-refractivity contribution is 0.253. The van der Waals surface area contributed by atoms with Crippen molar-refractivity contribution in [2.75, 3.05) is 18.6 Å². The molecular formula is C12H21N3S. The van der Waals surface area contributed by atoms with Gasteiger partial charge in [0.05, 0.1) is 5.69 Å². The second-order valence-electron chi connectivity index (χ2n) is 4.71. The molecule has 0 N–H and O–H groups in total. The van der Waals surface area contributed by atoms with E-state index in [1.807, 2.05) is 11.7 Å². The molecule has 4 heteroatoms. The number of hydrogen-bond donors (Lipinski definition) is 0. The maximum atomic E-state index is 4.48. The molecule has 2 rings (SSSR count). The molecule has 2 heterocycles. The lowest BCUT2D eigenvalue weighted by atomic mass is 10.1. The van der Waals surface area contributed by atoms with Crippen LogP contribution in [0.15, 0.2) is 0 Å². The molecule has 0 aromatic carbocycles. The van der Waals surface area contributed by atoms with E-state index in [4.69, 9.17) is 0 Å². The SMILES string of the molecule is Cc1nn(C)c(C)c1CN(C)C1CCSC1. The van der Waals surface area contributed by atoms with Crippen LogP contribution in [-0.2, 0) is 13.6 Å². The lowest BCUT2D eigenvalue weighted by Crippen LogP contribution is -2.31. The molecule has 1 aromatic rings. The predicted octanol–water partition coefficient (Wildman–Crippen LogP) is 1.97. The monoisotopic (exact) mass is 239 g/mol. The molecule has 0 aliphatic carbocycles. The fraction of sp³-hybridized carbons (Fsp3) is 0.750. The first kappa shape index (κ1) is 12.0. The second-order valence-corrected chi connectivity index (χ2v) is 5.86. The van der Waals surface area contributed by atoms with Crippen LogP contribution in [-0.4, -0.2) is 39.3 Å². The third kappa shape index (κ3) is 2.28. The largest absolute Gasteiger partial charge is 0.298 e. The van der Waals surface area contributed by atoms with Crippen LogP contribution in [0.4, 0.5) is 0 Å². The average Bonchev–Trinajstić information content (AvgIpc) is 2.83. The molecule has 1 atom stereocenters. The van der Waals surface area contributed by atoms with E-state index in [1.54, 1.807) is 0 Å². The summed E-state index contributed by atoms with van der Waals surface area (Å²) in [7, 11) is 4.26. The van der Waals surface area contributed by atoms with Crippen molar-refractivity contribution in [3.8, 4) is 0 Å². The van der Waals surface area contributed by atoms with Gasteiger partial charge in [0, 0.05) is 36.6 Å². The molecule has 0 saturated carbocycles. The Labute approximate surface area is 102 Å². The van der Waals surface area contributed by atoms with Gasteiger partial charge in [0.25, 0.3) is 0 Å². The highest BCUT2D eigenvalue weighted by molar-refractivity contribution is 7.99.